The number of aromatic nitrogens is 4. The van der Waals surface area contributed by atoms with Crippen molar-refractivity contribution in [2.45, 2.75) is 51.4 Å². The highest BCUT2D eigenvalue weighted by Crippen LogP contribution is 2.33. The van der Waals surface area contributed by atoms with Gasteiger partial charge in [-0.2, -0.15) is 5.10 Å². The van der Waals surface area contributed by atoms with Gasteiger partial charge in [-0.3, -0.25) is 14.2 Å². The molecule has 1 unspecified atom stereocenters. The largest absolute Gasteiger partial charge is 0.354 e. The van der Waals surface area contributed by atoms with E-state index in [9.17, 15) is 9.59 Å². The Labute approximate surface area is 167 Å². The maximum Gasteiger partial charge on any atom is 0.265 e. The number of amides is 1. The molecule has 0 saturated heterocycles. The molecule has 3 heterocycles. The third-order valence-corrected chi connectivity index (χ3v) is 6.07. The summed E-state index contributed by atoms with van der Waals surface area (Å²) in [6, 6.07) is 5.95. The standard InChI is InChI=1S/C20H23N5O2S/c1-11(2)22-17(26)8-15-10-28-20-23-18-16(19(27)24(15)20)9-21-25(18)14-6-5-12(3)13(4)7-14/h5-7,9,11,15H,8,10H2,1-4H3,(H,22,26). The molecule has 28 heavy (non-hydrogen) atoms. The number of hydrogen-bond acceptors (Lipinski definition) is 5. The van der Waals surface area contributed by atoms with E-state index in [0.717, 1.165) is 11.3 Å². The maximum absolute atomic E-state index is 13.1. The fourth-order valence-corrected chi connectivity index (χ4v) is 4.55. The van der Waals surface area contributed by atoms with E-state index in [4.69, 9.17) is 4.98 Å². The minimum absolute atomic E-state index is 0.0497. The number of hydrogen-bond donors (Lipinski definition) is 1. The van der Waals surface area contributed by atoms with E-state index in [0.29, 0.717) is 21.9 Å². The van der Waals surface area contributed by atoms with Gasteiger partial charge in [0.15, 0.2) is 10.8 Å². The van der Waals surface area contributed by atoms with Crippen LogP contribution in [0, 0.1) is 13.8 Å². The molecular formula is C20H23N5O2S. The molecule has 1 amide bonds. The number of carbonyl (C=O) groups excluding carboxylic acids is 1. The Morgan fingerprint density at radius 2 is 2.11 bits per heavy atom. The molecule has 1 aliphatic heterocycles. The van der Waals surface area contributed by atoms with E-state index < -0.39 is 0 Å². The summed E-state index contributed by atoms with van der Waals surface area (Å²) in [5.41, 5.74) is 3.66. The molecule has 0 saturated carbocycles. The van der Waals surface area contributed by atoms with Crippen LogP contribution < -0.4 is 10.9 Å². The second-order valence-corrected chi connectivity index (χ2v) is 8.51. The molecule has 0 fully saturated rings. The van der Waals surface area contributed by atoms with Crippen molar-refractivity contribution < 1.29 is 4.79 Å². The van der Waals surface area contributed by atoms with Gasteiger partial charge in [-0.1, -0.05) is 17.8 Å². The van der Waals surface area contributed by atoms with Gasteiger partial charge in [-0.05, 0) is 51.0 Å². The predicted octanol–water partition coefficient (Wildman–Crippen LogP) is 2.76. The van der Waals surface area contributed by atoms with Crippen LogP contribution in [0.25, 0.3) is 16.7 Å². The number of benzene rings is 1. The van der Waals surface area contributed by atoms with Crippen molar-refractivity contribution in [3.05, 3.63) is 45.9 Å². The van der Waals surface area contributed by atoms with E-state index in [2.05, 4.69) is 17.3 Å². The quantitative estimate of drug-likeness (QED) is 0.685. The van der Waals surface area contributed by atoms with E-state index in [1.54, 1.807) is 15.4 Å². The second-order valence-electron chi connectivity index (χ2n) is 7.52. The number of thioether (sulfide) groups is 1. The summed E-state index contributed by atoms with van der Waals surface area (Å²) >= 11 is 1.51. The zero-order valence-electron chi connectivity index (χ0n) is 16.4. The first kappa shape index (κ1) is 18.7. The molecule has 8 heteroatoms. The van der Waals surface area contributed by atoms with Crippen LogP contribution in [-0.2, 0) is 4.79 Å². The van der Waals surface area contributed by atoms with Crippen LogP contribution in [0.15, 0.2) is 34.3 Å². The third-order valence-electron chi connectivity index (χ3n) is 4.98. The van der Waals surface area contributed by atoms with Gasteiger partial charge in [0.25, 0.3) is 5.56 Å². The average Bonchev–Trinajstić information content (AvgIpc) is 3.22. The summed E-state index contributed by atoms with van der Waals surface area (Å²) in [6.45, 7) is 7.96. The molecule has 0 radical (unpaired) electrons. The van der Waals surface area contributed by atoms with Gasteiger partial charge >= 0.3 is 0 Å². The maximum atomic E-state index is 13.1. The van der Waals surface area contributed by atoms with Crippen molar-refractivity contribution in [3.8, 4) is 5.69 Å². The lowest BCUT2D eigenvalue weighted by molar-refractivity contribution is -0.122. The van der Waals surface area contributed by atoms with Gasteiger partial charge in [-0.15, -0.1) is 0 Å². The molecule has 1 N–H and O–H groups in total. The highest BCUT2D eigenvalue weighted by Gasteiger charge is 2.29. The molecule has 1 atom stereocenters. The Bertz CT molecular complexity index is 1130. The van der Waals surface area contributed by atoms with Crippen LogP contribution in [0.1, 0.15) is 37.4 Å². The van der Waals surface area contributed by atoms with Crippen molar-refractivity contribution in [2.75, 3.05) is 5.75 Å². The van der Waals surface area contributed by atoms with Crippen LogP contribution in [0.2, 0.25) is 0 Å². The number of fused-ring (bicyclic) bond motifs is 2. The van der Waals surface area contributed by atoms with Gasteiger partial charge in [0.1, 0.15) is 5.39 Å². The minimum Gasteiger partial charge on any atom is -0.354 e. The summed E-state index contributed by atoms with van der Waals surface area (Å²) < 4.78 is 3.36. The Morgan fingerprint density at radius 3 is 2.82 bits per heavy atom. The van der Waals surface area contributed by atoms with Gasteiger partial charge in [0, 0.05) is 18.2 Å². The summed E-state index contributed by atoms with van der Waals surface area (Å²) in [4.78, 5) is 30.0. The van der Waals surface area contributed by atoms with E-state index in [1.807, 2.05) is 39.0 Å². The molecule has 3 aromatic rings. The monoisotopic (exact) mass is 397 g/mol. The van der Waals surface area contributed by atoms with Crippen LogP contribution in [0.3, 0.4) is 0 Å². The smallest absolute Gasteiger partial charge is 0.265 e. The molecule has 1 aliphatic rings. The van der Waals surface area contributed by atoms with Gasteiger partial charge < -0.3 is 5.32 Å². The summed E-state index contributed by atoms with van der Waals surface area (Å²) in [6.07, 6.45) is 1.85. The van der Waals surface area contributed by atoms with Crippen LogP contribution in [0.5, 0.6) is 0 Å². The van der Waals surface area contributed by atoms with Crippen molar-refractivity contribution >= 4 is 28.7 Å². The molecule has 2 aromatic heterocycles. The molecule has 146 valence electrons. The zero-order chi connectivity index (χ0) is 20.0. The lowest BCUT2D eigenvalue weighted by atomic mass is 10.1. The topological polar surface area (TPSA) is 81.8 Å². The first-order chi connectivity index (χ1) is 13.3. The summed E-state index contributed by atoms with van der Waals surface area (Å²) in [7, 11) is 0. The van der Waals surface area contributed by atoms with Crippen molar-refractivity contribution in [2.24, 2.45) is 0 Å². The number of aryl methyl sites for hydroxylation is 2. The van der Waals surface area contributed by atoms with Gasteiger partial charge in [0.05, 0.1) is 17.9 Å². The lowest BCUT2D eigenvalue weighted by Crippen LogP contribution is -2.34. The van der Waals surface area contributed by atoms with Crippen molar-refractivity contribution in [1.29, 1.82) is 0 Å². The van der Waals surface area contributed by atoms with Crippen LogP contribution in [-0.4, -0.2) is 37.0 Å². The van der Waals surface area contributed by atoms with Gasteiger partial charge in [0.2, 0.25) is 5.91 Å². The van der Waals surface area contributed by atoms with E-state index in [1.165, 1.54) is 17.3 Å². The fraction of sp³-hybridized carbons (Fsp3) is 0.400. The molecule has 0 spiro atoms. The molecule has 4 rings (SSSR count). The molecule has 7 nitrogen and oxygen atoms in total. The molecule has 0 bridgehead atoms. The first-order valence-corrected chi connectivity index (χ1v) is 10.3. The number of carbonyl (C=O) groups is 1. The van der Waals surface area contributed by atoms with Crippen LogP contribution >= 0.6 is 11.8 Å². The highest BCUT2D eigenvalue weighted by molar-refractivity contribution is 7.99. The molecular weight excluding hydrogens is 374 g/mol. The van der Waals surface area contributed by atoms with Crippen molar-refractivity contribution in [1.82, 2.24) is 24.6 Å². The SMILES string of the molecule is Cc1ccc(-n2ncc3c(=O)n4c(nc32)SCC4CC(=O)NC(C)C)cc1C. The molecule has 0 aliphatic carbocycles. The predicted molar refractivity (Wildman–Crippen MR) is 110 cm³/mol. The summed E-state index contributed by atoms with van der Waals surface area (Å²) in [5, 5.41) is 8.42. The number of rotatable bonds is 4. The molecule has 1 aromatic carbocycles. The van der Waals surface area contributed by atoms with Gasteiger partial charge in [-0.25, -0.2) is 9.67 Å². The van der Waals surface area contributed by atoms with Crippen LogP contribution in [0.4, 0.5) is 0 Å². The Morgan fingerprint density at radius 1 is 1.32 bits per heavy atom. The highest BCUT2D eigenvalue weighted by atomic mass is 32.2. The van der Waals surface area contributed by atoms with Crippen molar-refractivity contribution in [3.63, 3.8) is 0 Å². The van der Waals surface area contributed by atoms with E-state index in [-0.39, 0.29) is 30.0 Å². The summed E-state index contributed by atoms with van der Waals surface area (Å²) in [5.74, 6) is 0.614. The Hall–Kier alpha value is -2.61. The normalized spacial score (nSPS) is 16.0. The minimum atomic E-state index is -0.187. The number of nitrogens with one attached hydrogen (secondary N) is 1. The zero-order valence-corrected chi connectivity index (χ0v) is 17.2. The second kappa shape index (κ2) is 7.09. The average molecular weight is 398 g/mol. The first-order valence-electron chi connectivity index (χ1n) is 9.35. The third kappa shape index (κ3) is 3.22. The fourth-order valence-electron chi connectivity index (χ4n) is 3.42. The Balaban J connectivity index is 1.75. The van der Waals surface area contributed by atoms with E-state index >= 15 is 0 Å². The lowest BCUT2D eigenvalue weighted by Gasteiger charge is -2.14. The Kier molecular flexibility index (Phi) is 4.74. The number of nitrogens with zero attached hydrogens (tertiary/aromatic N) is 4.